The summed E-state index contributed by atoms with van der Waals surface area (Å²) in [7, 11) is 0. The Balaban J connectivity index is 1.71. The van der Waals surface area contributed by atoms with Gasteiger partial charge in [-0.05, 0) is 51.0 Å². The van der Waals surface area contributed by atoms with Crippen molar-refractivity contribution >= 4 is 17.4 Å². The smallest absolute Gasteiger partial charge is 0.320 e. The highest BCUT2D eigenvalue weighted by Gasteiger charge is 2.60. The molecule has 4 rings (SSSR count). The molecule has 0 radical (unpaired) electrons. The number of ether oxygens (including phenoxy) is 1. The third kappa shape index (κ3) is 2.96. The predicted octanol–water partition coefficient (Wildman–Crippen LogP) is 4.53. The van der Waals surface area contributed by atoms with Crippen LogP contribution in [0.5, 0.6) is 0 Å². The fraction of sp³-hybridized carbons (Fsp3) is 0.455. The lowest BCUT2D eigenvalue weighted by Crippen LogP contribution is -2.56. The first kappa shape index (κ1) is 19.4. The molecule has 0 unspecified atom stereocenters. The number of benzene rings is 1. The number of ketones is 1. The van der Waals surface area contributed by atoms with E-state index in [-0.39, 0.29) is 11.5 Å². The summed E-state index contributed by atoms with van der Waals surface area (Å²) in [5.74, 6) is -0.453. The molecule has 1 aliphatic heterocycles. The molecule has 2 aromatic rings. The van der Waals surface area contributed by atoms with Crippen molar-refractivity contribution in [1.82, 2.24) is 4.57 Å². The molecule has 0 amide bonds. The van der Waals surface area contributed by atoms with Crippen LogP contribution < -0.4 is 0 Å². The number of rotatable bonds is 3. The Labute approximate surface area is 168 Å². The number of nitro benzene ring substituents is 1. The Morgan fingerprint density at radius 2 is 1.72 bits per heavy atom. The van der Waals surface area contributed by atoms with E-state index in [1.165, 1.54) is 12.1 Å². The van der Waals surface area contributed by atoms with Crippen molar-refractivity contribution in [2.24, 2.45) is 10.8 Å². The van der Waals surface area contributed by atoms with E-state index in [1.807, 2.05) is 30.5 Å². The number of carbonyl (C=O) groups is 2. The topological polar surface area (TPSA) is 91.4 Å². The minimum atomic E-state index is -1.01. The van der Waals surface area contributed by atoms with Crippen LogP contribution in [0.1, 0.15) is 57.7 Å². The number of cyclic esters (lactones) is 1. The van der Waals surface area contributed by atoms with Crippen LogP contribution in [0.15, 0.2) is 42.6 Å². The zero-order chi connectivity index (χ0) is 20.8. The van der Waals surface area contributed by atoms with E-state index in [0.717, 1.165) is 19.3 Å². The number of carbonyl (C=O) groups excluding carboxylic acids is 2. The quantitative estimate of drug-likeness (QED) is 0.329. The number of nitro groups is 1. The van der Waals surface area contributed by atoms with Gasteiger partial charge in [-0.15, -0.1) is 0 Å². The maximum Gasteiger partial charge on any atom is 0.320 e. The van der Waals surface area contributed by atoms with Gasteiger partial charge in [-0.25, -0.2) is 0 Å². The second kappa shape index (κ2) is 6.83. The van der Waals surface area contributed by atoms with Gasteiger partial charge < -0.3 is 9.30 Å². The maximum atomic E-state index is 13.5. The first-order valence-corrected chi connectivity index (χ1v) is 9.95. The van der Waals surface area contributed by atoms with Crippen molar-refractivity contribution in [1.29, 1.82) is 0 Å². The molecule has 2 aliphatic rings. The normalized spacial score (nSPS) is 23.0. The number of aromatic nitrogens is 1. The SMILES string of the molecule is CC1(C)C(=O)C2(CCCCC2)C(=O)O[C@@H]1c1cccn1-c1ccc([N+](=O)[O-])cc1. The van der Waals surface area contributed by atoms with Gasteiger partial charge in [-0.2, -0.15) is 0 Å². The number of Topliss-reactive ketones (excluding diaryl/α,β-unsaturated/α-hetero) is 1. The second-order valence-electron chi connectivity index (χ2n) is 8.56. The molecule has 1 aromatic carbocycles. The molecule has 0 N–H and O–H groups in total. The summed E-state index contributed by atoms with van der Waals surface area (Å²) in [4.78, 5) is 37.0. The molecule has 1 spiro atoms. The summed E-state index contributed by atoms with van der Waals surface area (Å²) in [5, 5.41) is 10.9. The van der Waals surface area contributed by atoms with Crippen LogP contribution in [0.3, 0.4) is 0 Å². The average molecular weight is 396 g/mol. The molecule has 7 nitrogen and oxygen atoms in total. The summed E-state index contributed by atoms with van der Waals surface area (Å²) < 4.78 is 7.76. The van der Waals surface area contributed by atoms with Crippen molar-refractivity contribution in [3.63, 3.8) is 0 Å². The average Bonchev–Trinajstić information content (AvgIpc) is 3.20. The lowest BCUT2D eigenvalue weighted by molar-refractivity contribution is -0.384. The Morgan fingerprint density at radius 3 is 2.34 bits per heavy atom. The van der Waals surface area contributed by atoms with Crippen molar-refractivity contribution in [3.05, 3.63) is 58.4 Å². The van der Waals surface area contributed by atoms with E-state index < -0.39 is 27.8 Å². The first-order chi connectivity index (χ1) is 13.8. The largest absolute Gasteiger partial charge is 0.454 e. The summed E-state index contributed by atoms with van der Waals surface area (Å²) >= 11 is 0. The highest BCUT2D eigenvalue weighted by Crippen LogP contribution is 2.53. The maximum absolute atomic E-state index is 13.5. The lowest BCUT2D eigenvalue weighted by Gasteiger charge is -2.47. The van der Waals surface area contributed by atoms with E-state index in [1.54, 1.807) is 18.3 Å². The molecule has 1 saturated heterocycles. The highest BCUT2D eigenvalue weighted by molar-refractivity contribution is 6.08. The van der Waals surface area contributed by atoms with Crippen LogP contribution in [0.2, 0.25) is 0 Å². The molecule has 1 atom stereocenters. The Bertz CT molecular complexity index is 967. The van der Waals surface area contributed by atoms with Crippen LogP contribution >= 0.6 is 0 Å². The van der Waals surface area contributed by atoms with Gasteiger partial charge in [-0.3, -0.25) is 19.7 Å². The fourth-order valence-electron chi connectivity index (χ4n) is 4.79. The number of hydrogen-bond donors (Lipinski definition) is 0. The molecule has 2 fully saturated rings. The van der Waals surface area contributed by atoms with Crippen molar-refractivity contribution in [3.8, 4) is 5.69 Å². The molecule has 7 heteroatoms. The molecule has 2 heterocycles. The van der Waals surface area contributed by atoms with Crippen LogP contribution in [-0.4, -0.2) is 21.2 Å². The molecular weight excluding hydrogens is 372 g/mol. The third-order valence-electron chi connectivity index (χ3n) is 6.39. The van der Waals surface area contributed by atoms with Crippen molar-refractivity contribution in [2.75, 3.05) is 0 Å². The van der Waals surface area contributed by atoms with E-state index >= 15 is 0 Å². The third-order valence-corrected chi connectivity index (χ3v) is 6.39. The lowest BCUT2D eigenvalue weighted by atomic mass is 9.60. The predicted molar refractivity (Wildman–Crippen MR) is 106 cm³/mol. The highest BCUT2D eigenvalue weighted by atomic mass is 16.6. The Kier molecular flexibility index (Phi) is 4.56. The molecule has 0 bridgehead atoms. The zero-order valence-corrected chi connectivity index (χ0v) is 16.6. The molecule has 152 valence electrons. The van der Waals surface area contributed by atoms with Gasteiger partial charge >= 0.3 is 5.97 Å². The van der Waals surface area contributed by atoms with Crippen LogP contribution in [-0.2, 0) is 14.3 Å². The van der Waals surface area contributed by atoms with Gasteiger partial charge in [0, 0.05) is 24.0 Å². The first-order valence-electron chi connectivity index (χ1n) is 9.95. The van der Waals surface area contributed by atoms with E-state index in [0.29, 0.717) is 24.2 Å². The van der Waals surface area contributed by atoms with Crippen LogP contribution in [0.4, 0.5) is 5.69 Å². The number of non-ortho nitro benzene ring substituents is 1. The van der Waals surface area contributed by atoms with Crippen molar-refractivity contribution in [2.45, 2.75) is 52.1 Å². The zero-order valence-electron chi connectivity index (χ0n) is 16.6. The Morgan fingerprint density at radius 1 is 1.07 bits per heavy atom. The van der Waals surface area contributed by atoms with Gasteiger partial charge in [0.1, 0.15) is 5.41 Å². The van der Waals surface area contributed by atoms with Crippen LogP contribution in [0.25, 0.3) is 5.69 Å². The molecule has 1 saturated carbocycles. The molecule has 1 aromatic heterocycles. The van der Waals surface area contributed by atoms with E-state index in [4.69, 9.17) is 4.74 Å². The van der Waals surface area contributed by atoms with Crippen molar-refractivity contribution < 1.29 is 19.2 Å². The molecule has 29 heavy (non-hydrogen) atoms. The second-order valence-corrected chi connectivity index (χ2v) is 8.56. The summed E-state index contributed by atoms with van der Waals surface area (Å²) in [6, 6.07) is 9.79. The molecule has 1 aliphatic carbocycles. The van der Waals surface area contributed by atoms with E-state index in [9.17, 15) is 19.7 Å². The fourth-order valence-corrected chi connectivity index (χ4v) is 4.79. The number of nitrogens with zero attached hydrogens (tertiary/aromatic N) is 2. The van der Waals surface area contributed by atoms with Gasteiger partial charge in [-0.1, -0.05) is 19.3 Å². The molecular formula is C22H24N2O5. The van der Waals surface area contributed by atoms with E-state index in [2.05, 4.69) is 0 Å². The van der Waals surface area contributed by atoms with Gasteiger partial charge in [0.15, 0.2) is 11.9 Å². The monoisotopic (exact) mass is 396 g/mol. The van der Waals surface area contributed by atoms with Crippen LogP contribution in [0, 0.1) is 20.9 Å². The van der Waals surface area contributed by atoms with Gasteiger partial charge in [0.25, 0.3) is 5.69 Å². The minimum Gasteiger partial charge on any atom is -0.454 e. The minimum absolute atomic E-state index is 0.00120. The standard InChI is InChI=1S/C22H24N2O5/c1-21(2)18(29-20(26)22(19(21)25)12-4-3-5-13-22)17-7-6-14-23(17)15-8-10-16(11-9-15)24(27)28/h6-11,14,18H,3-5,12-13H2,1-2H3/t18-/m1/s1. The number of esters is 1. The Hall–Kier alpha value is -2.96. The number of hydrogen-bond acceptors (Lipinski definition) is 5. The van der Waals surface area contributed by atoms with Gasteiger partial charge in [0.2, 0.25) is 0 Å². The van der Waals surface area contributed by atoms with Gasteiger partial charge in [0.05, 0.1) is 16.0 Å². The summed E-state index contributed by atoms with van der Waals surface area (Å²) in [5.41, 5.74) is -0.504. The summed E-state index contributed by atoms with van der Waals surface area (Å²) in [6.07, 6.45) is 4.96. The summed E-state index contributed by atoms with van der Waals surface area (Å²) in [6.45, 7) is 3.69.